The largest absolute Gasteiger partial charge is 0.339 e. The van der Waals surface area contributed by atoms with Gasteiger partial charge in [-0.1, -0.05) is 12.1 Å². The Kier molecular flexibility index (Phi) is 5.68. The molecule has 1 aliphatic rings. The van der Waals surface area contributed by atoms with Crippen LogP contribution in [0.1, 0.15) is 28.8 Å². The van der Waals surface area contributed by atoms with Gasteiger partial charge in [0.2, 0.25) is 10.0 Å². The van der Waals surface area contributed by atoms with Crippen molar-refractivity contribution in [2.24, 2.45) is 0 Å². The van der Waals surface area contributed by atoms with Gasteiger partial charge in [-0.25, -0.2) is 17.5 Å². The van der Waals surface area contributed by atoms with Gasteiger partial charge in [0.25, 0.3) is 5.91 Å². The van der Waals surface area contributed by atoms with Crippen molar-refractivity contribution in [3.05, 3.63) is 65.5 Å². The molecule has 0 atom stereocenters. The third-order valence-electron chi connectivity index (χ3n) is 4.42. The van der Waals surface area contributed by atoms with Crippen LogP contribution in [-0.2, 0) is 16.4 Å². The molecule has 2 aromatic carbocycles. The summed E-state index contributed by atoms with van der Waals surface area (Å²) in [6, 6.07) is 11.9. The van der Waals surface area contributed by atoms with Gasteiger partial charge in [0.1, 0.15) is 5.82 Å². The van der Waals surface area contributed by atoms with Crippen LogP contribution in [0.25, 0.3) is 0 Å². The van der Waals surface area contributed by atoms with Gasteiger partial charge in [-0.3, -0.25) is 4.79 Å². The van der Waals surface area contributed by atoms with E-state index in [4.69, 9.17) is 0 Å². The number of nitrogens with zero attached hydrogens (tertiary/aromatic N) is 1. The molecule has 0 aromatic heterocycles. The van der Waals surface area contributed by atoms with E-state index in [9.17, 15) is 17.6 Å². The van der Waals surface area contributed by atoms with Gasteiger partial charge in [-0.2, -0.15) is 0 Å². The molecule has 0 bridgehead atoms. The van der Waals surface area contributed by atoms with Crippen molar-refractivity contribution in [2.75, 3.05) is 19.6 Å². The molecular formula is C19H21FN2O3S. The second kappa shape index (κ2) is 7.97. The molecule has 7 heteroatoms. The maximum atomic E-state index is 12.9. The predicted octanol–water partition coefficient (Wildman–Crippen LogP) is 2.58. The molecule has 0 aliphatic carbocycles. The normalized spacial score (nSPS) is 14.6. The maximum absolute atomic E-state index is 12.9. The Labute approximate surface area is 152 Å². The zero-order valence-electron chi connectivity index (χ0n) is 14.3. The van der Waals surface area contributed by atoms with Crippen LogP contribution in [0.2, 0.25) is 0 Å². The molecule has 1 aliphatic heterocycles. The topological polar surface area (TPSA) is 66.5 Å². The first-order valence-electron chi connectivity index (χ1n) is 8.59. The third-order valence-corrected chi connectivity index (χ3v) is 5.90. The van der Waals surface area contributed by atoms with Crippen molar-refractivity contribution in [1.29, 1.82) is 0 Å². The highest BCUT2D eigenvalue weighted by molar-refractivity contribution is 7.89. The van der Waals surface area contributed by atoms with Crippen LogP contribution in [0, 0.1) is 5.82 Å². The summed E-state index contributed by atoms with van der Waals surface area (Å²) in [6.07, 6.45) is 2.48. The van der Waals surface area contributed by atoms with E-state index in [-0.39, 0.29) is 23.2 Å². The molecule has 2 aromatic rings. The lowest BCUT2D eigenvalue weighted by molar-refractivity contribution is 0.0792. The molecular weight excluding hydrogens is 355 g/mol. The lowest BCUT2D eigenvalue weighted by atomic mass is 10.1. The van der Waals surface area contributed by atoms with Gasteiger partial charge in [-0.15, -0.1) is 0 Å². The molecule has 1 heterocycles. The highest BCUT2D eigenvalue weighted by atomic mass is 32.2. The summed E-state index contributed by atoms with van der Waals surface area (Å²) >= 11 is 0. The fraction of sp³-hybridized carbons (Fsp3) is 0.316. The van der Waals surface area contributed by atoms with Crippen LogP contribution in [0.5, 0.6) is 0 Å². The minimum absolute atomic E-state index is 0.0595. The number of amides is 1. The summed E-state index contributed by atoms with van der Waals surface area (Å²) in [7, 11) is -3.65. The highest BCUT2D eigenvalue weighted by Crippen LogP contribution is 2.15. The zero-order chi connectivity index (χ0) is 18.6. The first-order valence-corrected chi connectivity index (χ1v) is 10.1. The maximum Gasteiger partial charge on any atom is 0.253 e. The van der Waals surface area contributed by atoms with Crippen LogP contribution in [0.3, 0.4) is 0 Å². The number of nitrogens with one attached hydrogen (secondary N) is 1. The molecule has 1 saturated heterocycles. The molecule has 26 heavy (non-hydrogen) atoms. The number of carbonyl (C=O) groups excluding carboxylic acids is 1. The van der Waals surface area contributed by atoms with Crippen LogP contribution in [-0.4, -0.2) is 38.9 Å². The molecule has 0 spiro atoms. The minimum Gasteiger partial charge on any atom is -0.339 e. The van der Waals surface area contributed by atoms with E-state index < -0.39 is 10.0 Å². The van der Waals surface area contributed by atoms with Crippen LogP contribution in [0.4, 0.5) is 4.39 Å². The number of carbonyl (C=O) groups is 1. The summed E-state index contributed by atoms with van der Waals surface area (Å²) in [4.78, 5) is 14.2. The van der Waals surface area contributed by atoms with E-state index in [1.807, 2.05) is 0 Å². The summed E-state index contributed by atoms with van der Waals surface area (Å²) in [5.74, 6) is -0.381. The number of sulfonamides is 1. The minimum atomic E-state index is -3.65. The number of likely N-dealkylation sites (tertiary alicyclic amines) is 1. The van der Waals surface area contributed by atoms with E-state index in [1.165, 1.54) is 24.3 Å². The predicted molar refractivity (Wildman–Crippen MR) is 96.9 cm³/mol. The molecule has 138 valence electrons. The Bertz CT molecular complexity index is 859. The third kappa shape index (κ3) is 4.47. The Morgan fingerprint density at radius 3 is 2.23 bits per heavy atom. The van der Waals surface area contributed by atoms with Crippen molar-refractivity contribution in [1.82, 2.24) is 9.62 Å². The van der Waals surface area contributed by atoms with E-state index >= 15 is 0 Å². The van der Waals surface area contributed by atoms with E-state index in [2.05, 4.69) is 4.72 Å². The summed E-state index contributed by atoms with van der Waals surface area (Å²) in [6.45, 7) is 1.72. The molecule has 0 radical (unpaired) electrons. The van der Waals surface area contributed by atoms with Crippen molar-refractivity contribution < 1.29 is 17.6 Å². The molecule has 0 unspecified atom stereocenters. The fourth-order valence-corrected chi connectivity index (χ4v) is 3.98. The van der Waals surface area contributed by atoms with Gasteiger partial charge in [0.05, 0.1) is 4.90 Å². The Balaban J connectivity index is 1.59. The van der Waals surface area contributed by atoms with Crippen LogP contribution in [0.15, 0.2) is 53.4 Å². The monoisotopic (exact) mass is 376 g/mol. The molecule has 5 nitrogen and oxygen atoms in total. The zero-order valence-corrected chi connectivity index (χ0v) is 15.1. The lowest BCUT2D eigenvalue weighted by Crippen LogP contribution is -2.28. The molecule has 0 saturated carbocycles. The first kappa shape index (κ1) is 18.5. The van der Waals surface area contributed by atoms with E-state index in [0.29, 0.717) is 12.0 Å². The van der Waals surface area contributed by atoms with Crippen molar-refractivity contribution >= 4 is 15.9 Å². The standard InChI is InChI=1S/C19H21FN2O3S/c20-17-7-3-15(4-8-17)11-12-21-26(24,25)18-9-5-16(6-10-18)19(23)22-13-1-2-14-22/h3-10,21H,1-2,11-14H2. The van der Waals surface area contributed by atoms with Gasteiger partial charge >= 0.3 is 0 Å². The van der Waals surface area contributed by atoms with Crippen molar-refractivity contribution in [2.45, 2.75) is 24.2 Å². The molecule has 3 rings (SSSR count). The van der Waals surface area contributed by atoms with Crippen LogP contribution < -0.4 is 4.72 Å². The summed E-state index contributed by atoms with van der Waals surface area (Å²) in [5, 5.41) is 0. The SMILES string of the molecule is O=C(c1ccc(S(=O)(=O)NCCc2ccc(F)cc2)cc1)N1CCCC1. The highest BCUT2D eigenvalue weighted by Gasteiger charge is 2.20. The average molecular weight is 376 g/mol. The van der Waals surface area contributed by atoms with Crippen molar-refractivity contribution in [3.63, 3.8) is 0 Å². The average Bonchev–Trinajstić information content (AvgIpc) is 3.17. The lowest BCUT2D eigenvalue weighted by Gasteiger charge is -2.15. The molecule has 1 amide bonds. The molecule has 1 N–H and O–H groups in total. The second-order valence-corrected chi connectivity index (χ2v) is 8.06. The fourth-order valence-electron chi connectivity index (χ4n) is 2.94. The number of hydrogen-bond acceptors (Lipinski definition) is 3. The van der Waals surface area contributed by atoms with Gasteiger partial charge < -0.3 is 4.90 Å². The quantitative estimate of drug-likeness (QED) is 0.843. The Hall–Kier alpha value is -2.25. The first-order chi connectivity index (χ1) is 12.5. The Morgan fingerprint density at radius 1 is 1.00 bits per heavy atom. The smallest absolute Gasteiger partial charge is 0.253 e. The number of rotatable bonds is 6. The van der Waals surface area contributed by atoms with Crippen molar-refractivity contribution in [3.8, 4) is 0 Å². The molecule has 1 fully saturated rings. The van der Waals surface area contributed by atoms with Gasteiger partial charge in [-0.05, 0) is 61.2 Å². The van der Waals surface area contributed by atoms with Crippen LogP contribution >= 0.6 is 0 Å². The van der Waals surface area contributed by atoms with Gasteiger partial charge in [0.15, 0.2) is 0 Å². The number of hydrogen-bond donors (Lipinski definition) is 1. The number of halogens is 1. The summed E-state index contributed by atoms with van der Waals surface area (Å²) < 4.78 is 40.1. The van der Waals surface area contributed by atoms with E-state index in [1.54, 1.807) is 29.2 Å². The van der Waals surface area contributed by atoms with E-state index in [0.717, 1.165) is 31.5 Å². The second-order valence-electron chi connectivity index (χ2n) is 6.30. The Morgan fingerprint density at radius 2 is 1.62 bits per heavy atom. The summed E-state index contributed by atoms with van der Waals surface area (Å²) in [5.41, 5.74) is 1.35. The number of benzene rings is 2. The van der Waals surface area contributed by atoms with Gasteiger partial charge in [0, 0.05) is 25.2 Å².